The van der Waals surface area contributed by atoms with Crippen LogP contribution in [0.4, 0.5) is 5.69 Å². The number of benzene rings is 2. The number of rotatable bonds is 8. The van der Waals surface area contributed by atoms with Gasteiger partial charge in [0.15, 0.2) is 21.3 Å². The fourth-order valence-corrected chi connectivity index (χ4v) is 3.71. The van der Waals surface area contributed by atoms with Crippen LogP contribution in [0, 0.1) is 10.1 Å². The van der Waals surface area contributed by atoms with E-state index in [9.17, 15) is 23.3 Å². The molecule has 2 rings (SSSR count). The van der Waals surface area contributed by atoms with E-state index in [4.69, 9.17) is 9.47 Å². The molecule has 150 valence electrons. The largest absolute Gasteiger partial charge is 0.493 e. The summed E-state index contributed by atoms with van der Waals surface area (Å²) in [6.07, 6.45) is 0. The second-order valence-electron chi connectivity index (χ2n) is 5.85. The van der Waals surface area contributed by atoms with E-state index in [1.807, 2.05) is 0 Å². The van der Waals surface area contributed by atoms with Crippen molar-refractivity contribution in [2.45, 2.75) is 23.6 Å². The molecule has 0 fully saturated rings. The number of nitrogens with zero attached hydrogens (tertiary/aromatic N) is 1. The van der Waals surface area contributed by atoms with E-state index < -0.39 is 25.9 Å². The fourth-order valence-electron chi connectivity index (χ4n) is 2.43. The Morgan fingerprint density at radius 3 is 2.25 bits per heavy atom. The number of nitro benzene ring substituents is 1. The van der Waals surface area contributed by atoms with Crippen molar-refractivity contribution in [3.63, 3.8) is 0 Å². The summed E-state index contributed by atoms with van der Waals surface area (Å²) < 4.78 is 35.5. The number of carbonyl (C=O) groups is 1. The summed E-state index contributed by atoms with van der Waals surface area (Å²) in [6.45, 7) is 1.36. The van der Waals surface area contributed by atoms with Gasteiger partial charge < -0.3 is 14.8 Å². The number of hydrogen-bond acceptors (Lipinski definition) is 7. The maximum atomic E-state index is 12.6. The van der Waals surface area contributed by atoms with E-state index in [2.05, 4.69) is 5.32 Å². The van der Waals surface area contributed by atoms with Gasteiger partial charge in [-0.05, 0) is 36.8 Å². The van der Waals surface area contributed by atoms with Crippen LogP contribution in [-0.4, -0.2) is 38.7 Å². The molecular weight excluding hydrogens is 388 g/mol. The van der Waals surface area contributed by atoms with Crippen molar-refractivity contribution in [2.24, 2.45) is 0 Å². The van der Waals surface area contributed by atoms with Crippen LogP contribution in [-0.2, 0) is 21.2 Å². The summed E-state index contributed by atoms with van der Waals surface area (Å²) in [4.78, 5) is 22.2. The highest BCUT2D eigenvalue weighted by Gasteiger charge is 2.30. The molecule has 0 spiro atoms. The number of carbonyl (C=O) groups excluding carboxylic acids is 1. The van der Waals surface area contributed by atoms with Gasteiger partial charge in [-0.25, -0.2) is 8.42 Å². The van der Waals surface area contributed by atoms with Gasteiger partial charge in [0.05, 0.1) is 24.0 Å². The molecule has 0 unspecified atom stereocenters. The highest BCUT2D eigenvalue weighted by molar-refractivity contribution is 7.92. The summed E-state index contributed by atoms with van der Waals surface area (Å²) >= 11 is 0. The maximum absolute atomic E-state index is 12.6. The lowest BCUT2D eigenvalue weighted by Gasteiger charge is -2.14. The Bertz CT molecular complexity index is 972. The van der Waals surface area contributed by atoms with Gasteiger partial charge in [0.2, 0.25) is 5.91 Å². The van der Waals surface area contributed by atoms with Gasteiger partial charge in [0.1, 0.15) is 5.25 Å². The quantitative estimate of drug-likeness (QED) is 0.524. The van der Waals surface area contributed by atoms with Gasteiger partial charge in [-0.3, -0.25) is 14.9 Å². The van der Waals surface area contributed by atoms with Gasteiger partial charge in [-0.2, -0.15) is 0 Å². The zero-order chi connectivity index (χ0) is 20.9. The first kappa shape index (κ1) is 21.2. The third kappa shape index (κ3) is 4.58. The van der Waals surface area contributed by atoms with Crippen molar-refractivity contribution in [2.75, 3.05) is 14.2 Å². The summed E-state index contributed by atoms with van der Waals surface area (Å²) in [5.41, 5.74) is 0.468. The monoisotopic (exact) mass is 408 g/mol. The molecule has 1 amide bonds. The molecule has 28 heavy (non-hydrogen) atoms. The second-order valence-corrected chi connectivity index (χ2v) is 8.11. The molecule has 0 saturated heterocycles. The van der Waals surface area contributed by atoms with Crippen LogP contribution >= 0.6 is 0 Å². The molecular formula is C18H20N2O7S. The van der Waals surface area contributed by atoms with Crippen LogP contribution in [0.3, 0.4) is 0 Å². The van der Waals surface area contributed by atoms with Crippen molar-refractivity contribution in [3.8, 4) is 11.5 Å². The van der Waals surface area contributed by atoms with Gasteiger partial charge in [-0.15, -0.1) is 0 Å². The smallest absolute Gasteiger partial charge is 0.269 e. The lowest BCUT2D eigenvalue weighted by Crippen LogP contribution is -2.37. The molecule has 9 nitrogen and oxygen atoms in total. The molecule has 0 bridgehead atoms. The van der Waals surface area contributed by atoms with E-state index in [0.29, 0.717) is 17.1 Å². The third-order valence-corrected chi connectivity index (χ3v) is 6.20. The van der Waals surface area contributed by atoms with Gasteiger partial charge >= 0.3 is 0 Å². The zero-order valence-electron chi connectivity index (χ0n) is 15.5. The normalized spacial score (nSPS) is 12.1. The standard InChI is InChI=1S/C18H20N2O7S/c1-12(28(24,25)15-7-5-14(6-8-15)20(22)23)18(21)19-11-13-4-9-16(26-2)17(10-13)27-3/h4-10,12H,11H2,1-3H3,(H,19,21)/t12-/m1/s1. The van der Waals surface area contributed by atoms with Crippen molar-refractivity contribution in [1.29, 1.82) is 0 Å². The number of amides is 1. The molecule has 10 heteroatoms. The minimum Gasteiger partial charge on any atom is -0.493 e. The molecule has 0 aliphatic heterocycles. The molecule has 2 aromatic carbocycles. The molecule has 0 aliphatic rings. The highest BCUT2D eigenvalue weighted by Crippen LogP contribution is 2.27. The van der Waals surface area contributed by atoms with Crippen LogP contribution in [0.2, 0.25) is 0 Å². The SMILES string of the molecule is COc1ccc(CNC(=O)[C@@H](C)S(=O)(=O)c2ccc([N+](=O)[O-])cc2)cc1OC. The molecule has 0 aliphatic carbocycles. The number of methoxy groups -OCH3 is 2. The molecule has 1 N–H and O–H groups in total. The fraction of sp³-hybridized carbons (Fsp3) is 0.278. The number of sulfone groups is 1. The Morgan fingerprint density at radius 2 is 1.71 bits per heavy atom. The molecule has 0 saturated carbocycles. The first-order valence-electron chi connectivity index (χ1n) is 8.17. The Kier molecular flexibility index (Phi) is 6.57. The molecule has 0 aromatic heterocycles. The van der Waals surface area contributed by atoms with E-state index in [1.54, 1.807) is 18.2 Å². The lowest BCUT2D eigenvalue weighted by molar-refractivity contribution is -0.384. The first-order chi connectivity index (χ1) is 13.2. The number of nitrogens with one attached hydrogen (secondary N) is 1. The topological polar surface area (TPSA) is 125 Å². The van der Waals surface area contributed by atoms with E-state index in [0.717, 1.165) is 24.3 Å². The van der Waals surface area contributed by atoms with Crippen LogP contribution < -0.4 is 14.8 Å². The number of non-ortho nitro benzene ring substituents is 1. The first-order valence-corrected chi connectivity index (χ1v) is 9.72. The predicted octanol–water partition coefficient (Wildman–Crippen LogP) is 2.09. The Hall–Kier alpha value is -3.14. The Labute approximate surface area is 162 Å². The maximum Gasteiger partial charge on any atom is 0.269 e. The Morgan fingerprint density at radius 1 is 1.11 bits per heavy atom. The van der Waals surface area contributed by atoms with Gasteiger partial charge in [-0.1, -0.05) is 6.07 Å². The molecule has 0 heterocycles. The van der Waals surface area contributed by atoms with Crippen molar-refractivity contribution in [3.05, 3.63) is 58.1 Å². The van der Waals surface area contributed by atoms with Crippen LogP contribution in [0.25, 0.3) is 0 Å². The van der Waals surface area contributed by atoms with E-state index in [-0.39, 0.29) is 17.1 Å². The average Bonchev–Trinajstić information content (AvgIpc) is 2.71. The lowest BCUT2D eigenvalue weighted by atomic mass is 10.2. The molecule has 2 aromatic rings. The summed E-state index contributed by atoms with van der Waals surface area (Å²) in [5, 5.41) is 11.9. The Balaban J connectivity index is 2.10. The summed E-state index contributed by atoms with van der Waals surface area (Å²) in [6, 6.07) is 9.47. The van der Waals surface area contributed by atoms with Crippen LogP contribution in [0.5, 0.6) is 11.5 Å². The van der Waals surface area contributed by atoms with Crippen molar-refractivity contribution >= 4 is 21.4 Å². The zero-order valence-corrected chi connectivity index (χ0v) is 16.4. The highest BCUT2D eigenvalue weighted by atomic mass is 32.2. The summed E-state index contributed by atoms with van der Waals surface area (Å²) in [7, 11) is -0.999. The third-order valence-electron chi connectivity index (χ3n) is 4.13. The molecule has 1 atom stereocenters. The van der Waals surface area contributed by atoms with Crippen molar-refractivity contribution in [1.82, 2.24) is 5.32 Å². The second kappa shape index (κ2) is 8.70. The van der Waals surface area contributed by atoms with Crippen LogP contribution in [0.1, 0.15) is 12.5 Å². The van der Waals surface area contributed by atoms with Crippen molar-refractivity contribution < 1.29 is 27.6 Å². The predicted molar refractivity (Wildman–Crippen MR) is 101 cm³/mol. The number of nitro groups is 1. The van der Waals surface area contributed by atoms with E-state index >= 15 is 0 Å². The summed E-state index contributed by atoms with van der Waals surface area (Å²) in [5.74, 6) is 0.334. The average molecular weight is 408 g/mol. The van der Waals surface area contributed by atoms with E-state index in [1.165, 1.54) is 21.1 Å². The minimum atomic E-state index is -3.99. The molecule has 0 radical (unpaired) electrons. The van der Waals surface area contributed by atoms with Gasteiger partial charge in [0.25, 0.3) is 5.69 Å². The number of ether oxygens (including phenoxy) is 2. The van der Waals surface area contributed by atoms with Gasteiger partial charge in [0, 0.05) is 18.7 Å². The minimum absolute atomic E-state index is 0.0965. The van der Waals surface area contributed by atoms with Crippen LogP contribution in [0.15, 0.2) is 47.4 Å². The number of hydrogen-bond donors (Lipinski definition) is 1.